The number of rotatable bonds is 6. The van der Waals surface area contributed by atoms with Crippen molar-refractivity contribution in [2.75, 3.05) is 11.5 Å². The van der Waals surface area contributed by atoms with Crippen LogP contribution in [0.4, 0.5) is 11.4 Å². The number of pyridine rings is 1. The molecule has 7 nitrogen and oxygen atoms in total. The van der Waals surface area contributed by atoms with Crippen LogP contribution < -0.4 is 4.90 Å². The number of carbonyl (C=O) groups excluding carboxylic acids is 1. The number of carbonyl (C=O) groups is 1. The van der Waals surface area contributed by atoms with Crippen molar-refractivity contribution >= 4 is 17.3 Å². The summed E-state index contributed by atoms with van der Waals surface area (Å²) in [7, 11) is 0. The molecule has 0 amide bonds. The molecule has 1 unspecified atom stereocenters. The van der Waals surface area contributed by atoms with Gasteiger partial charge in [-0.25, -0.2) is 14.8 Å². The van der Waals surface area contributed by atoms with Gasteiger partial charge in [-0.1, -0.05) is 39.0 Å². The van der Waals surface area contributed by atoms with Gasteiger partial charge >= 0.3 is 5.97 Å². The highest BCUT2D eigenvalue weighted by atomic mass is 16.5. The Morgan fingerprint density at radius 1 is 1.16 bits per heavy atom. The van der Waals surface area contributed by atoms with Crippen molar-refractivity contribution < 1.29 is 9.53 Å². The molecule has 3 aromatic rings. The summed E-state index contributed by atoms with van der Waals surface area (Å²) in [4.78, 5) is 27.3. The molecule has 0 aliphatic carbocycles. The Kier molecular flexibility index (Phi) is 6.61. The van der Waals surface area contributed by atoms with Gasteiger partial charge in [0.15, 0.2) is 11.7 Å². The molecular formula is C24H25N5O2. The van der Waals surface area contributed by atoms with E-state index in [1.165, 1.54) is 12.5 Å². The summed E-state index contributed by atoms with van der Waals surface area (Å²) >= 11 is 0. The molecule has 0 saturated carbocycles. The van der Waals surface area contributed by atoms with E-state index < -0.39 is 12.0 Å². The Morgan fingerprint density at radius 3 is 2.48 bits per heavy atom. The third-order valence-corrected chi connectivity index (χ3v) is 4.84. The second kappa shape index (κ2) is 9.35. The normalized spacial score (nSPS) is 12.0. The van der Waals surface area contributed by atoms with Crippen LogP contribution in [0.15, 0.2) is 61.3 Å². The van der Waals surface area contributed by atoms with Crippen molar-refractivity contribution in [3.63, 3.8) is 0 Å². The highest BCUT2D eigenvalue weighted by Gasteiger charge is 2.33. The zero-order chi connectivity index (χ0) is 22.4. The standard InChI is InChI=1S/C24H25N5O2/c1-5-31-23(30)22(17-7-6-12-26-14-17)29(21-15-27-16-28-20(21)13-25)19-10-8-18(9-11-19)24(2,3)4/h6-12,14-16,22H,5H2,1-4H3. The molecule has 158 valence electrons. The van der Waals surface area contributed by atoms with Gasteiger partial charge in [-0.2, -0.15) is 5.26 Å². The Balaban J connectivity index is 2.23. The van der Waals surface area contributed by atoms with Gasteiger partial charge in [0.1, 0.15) is 12.4 Å². The Labute approximate surface area is 182 Å². The lowest BCUT2D eigenvalue weighted by Crippen LogP contribution is -2.33. The van der Waals surface area contributed by atoms with E-state index in [0.717, 1.165) is 5.56 Å². The molecule has 0 saturated heterocycles. The van der Waals surface area contributed by atoms with Gasteiger partial charge in [0.05, 0.1) is 18.5 Å². The summed E-state index contributed by atoms with van der Waals surface area (Å²) in [6.45, 7) is 8.39. The van der Waals surface area contributed by atoms with Crippen molar-refractivity contribution in [1.29, 1.82) is 5.26 Å². The summed E-state index contributed by atoms with van der Waals surface area (Å²) in [6, 6.07) is 12.7. The average molecular weight is 415 g/mol. The molecular weight excluding hydrogens is 390 g/mol. The van der Waals surface area contributed by atoms with Crippen LogP contribution in [0.5, 0.6) is 0 Å². The fraction of sp³-hybridized carbons (Fsp3) is 0.292. The first-order chi connectivity index (χ1) is 14.9. The minimum Gasteiger partial charge on any atom is -0.464 e. The average Bonchev–Trinajstić information content (AvgIpc) is 2.77. The molecule has 0 bridgehead atoms. The molecule has 3 rings (SSSR count). The number of hydrogen-bond donors (Lipinski definition) is 0. The van der Waals surface area contributed by atoms with E-state index >= 15 is 0 Å². The smallest absolute Gasteiger partial charge is 0.333 e. The molecule has 1 atom stereocenters. The van der Waals surface area contributed by atoms with Crippen molar-refractivity contribution in [2.24, 2.45) is 0 Å². The number of esters is 1. The molecule has 0 spiro atoms. The van der Waals surface area contributed by atoms with Gasteiger partial charge in [-0.15, -0.1) is 0 Å². The van der Waals surface area contributed by atoms with E-state index in [0.29, 0.717) is 16.9 Å². The molecule has 2 heterocycles. The van der Waals surface area contributed by atoms with Gasteiger partial charge in [-0.3, -0.25) is 4.98 Å². The van der Waals surface area contributed by atoms with Gasteiger partial charge in [0, 0.05) is 23.6 Å². The highest BCUT2D eigenvalue weighted by molar-refractivity contribution is 5.86. The van der Waals surface area contributed by atoms with Crippen LogP contribution in [0.2, 0.25) is 0 Å². The lowest BCUT2D eigenvalue weighted by molar-refractivity contribution is -0.144. The third-order valence-electron chi connectivity index (χ3n) is 4.84. The summed E-state index contributed by atoms with van der Waals surface area (Å²) in [6.07, 6.45) is 6.10. The van der Waals surface area contributed by atoms with Gasteiger partial charge in [-0.05, 0) is 36.1 Å². The quantitative estimate of drug-likeness (QED) is 0.548. The van der Waals surface area contributed by atoms with Gasteiger partial charge in [0.25, 0.3) is 0 Å². The monoisotopic (exact) mass is 415 g/mol. The lowest BCUT2D eigenvalue weighted by Gasteiger charge is -2.32. The van der Waals surface area contributed by atoms with E-state index in [1.54, 1.807) is 36.4 Å². The maximum atomic E-state index is 13.1. The lowest BCUT2D eigenvalue weighted by atomic mass is 9.87. The molecule has 0 aliphatic heterocycles. The predicted molar refractivity (Wildman–Crippen MR) is 118 cm³/mol. The van der Waals surface area contributed by atoms with E-state index in [-0.39, 0.29) is 17.7 Å². The fourth-order valence-electron chi connectivity index (χ4n) is 3.28. The second-order valence-electron chi connectivity index (χ2n) is 7.98. The third kappa shape index (κ3) is 4.86. The molecule has 0 fully saturated rings. The molecule has 0 N–H and O–H groups in total. The largest absolute Gasteiger partial charge is 0.464 e. The van der Waals surface area contributed by atoms with Crippen LogP contribution in [0.25, 0.3) is 0 Å². The Bertz CT molecular complexity index is 1070. The molecule has 31 heavy (non-hydrogen) atoms. The van der Waals surface area contributed by atoms with Crippen molar-refractivity contribution in [3.05, 3.63) is 78.1 Å². The van der Waals surface area contributed by atoms with Crippen LogP contribution in [0.3, 0.4) is 0 Å². The predicted octanol–water partition coefficient (Wildman–Crippen LogP) is 4.48. The number of hydrogen-bond acceptors (Lipinski definition) is 7. The highest BCUT2D eigenvalue weighted by Crippen LogP contribution is 2.37. The molecule has 1 aromatic carbocycles. The number of nitriles is 1. The summed E-state index contributed by atoms with van der Waals surface area (Å²) in [5.41, 5.74) is 3.04. The first-order valence-corrected chi connectivity index (χ1v) is 10.0. The second-order valence-corrected chi connectivity index (χ2v) is 7.98. The number of ether oxygens (including phenoxy) is 1. The van der Waals surface area contributed by atoms with Crippen LogP contribution in [0, 0.1) is 11.3 Å². The Hall–Kier alpha value is -3.79. The molecule has 0 aliphatic rings. The van der Waals surface area contributed by atoms with E-state index in [4.69, 9.17) is 4.74 Å². The summed E-state index contributed by atoms with van der Waals surface area (Å²) in [5, 5.41) is 9.66. The molecule has 7 heteroatoms. The van der Waals surface area contributed by atoms with Crippen molar-refractivity contribution in [2.45, 2.75) is 39.2 Å². The maximum Gasteiger partial charge on any atom is 0.333 e. The minimum absolute atomic E-state index is 0.0269. The van der Waals surface area contributed by atoms with Crippen LogP contribution >= 0.6 is 0 Å². The number of nitrogens with zero attached hydrogens (tertiary/aromatic N) is 5. The number of anilines is 2. The zero-order valence-electron chi connectivity index (χ0n) is 18.1. The topological polar surface area (TPSA) is 92.0 Å². The molecule has 0 radical (unpaired) electrons. The van der Waals surface area contributed by atoms with Gasteiger partial charge in [0.2, 0.25) is 0 Å². The zero-order valence-corrected chi connectivity index (χ0v) is 18.1. The van der Waals surface area contributed by atoms with E-state index in [9.17, 15) is 10.1 Å². The summed E-state index contributed by atoms with van der Waals surface area (Å²) in [5.74, 6) is -0.455. The van der Waals surface area contributed by atoms with Crippen LogP contribution in [-0.4, -0.2) is 27.5 Å². The maximum absolute atomic E-state index is 13.1. The van der Waals surface area contributed by atoms with Crippen molar-refractivity contribution in [3.8, 4) is 6.07 Å². The first kappa shape index (κ1) is 21.9. The van der Waals surface area contributed by atoms with Gasteiger partial charge < -0.3 is 9.64 Å². The number of benzene rings is 1. The van der Waals surface area contributed by atoms with E-state index in [1.807, 2.05) is 24.3 Å². The molecule has 2 aromatic heterocycles. The van der Waals surface area contributed by atoms with Crippen LogP contribution in [-0.2, 0) is 14.9 Å². The van der Waals surface area contributed by atoms with Crippen molar-refractivity contribution in [1.82, 2.24) is 15.0 Å². The number of aromatic nitrogens is 3. The SMILES string of the molecule is CCOC(=O)C(c1cccnc1)N(c1ccc(C(C)(C)C)cc1)c1cncnc1C#N. The minimum atomic E-state index is -0.868. The summed E-state index contributed by atoms with van der Waals surface area (Å²) < 4.78 is 5.40. The van der Waals surface area contributed by atoms with Crippen LogP contribution in [0.1, 0.15) is 50.6 Å². The van der Waals surface area contributed by atoms with E-state index in [2.05, 4.69) is 41.8 Å². The first-order valence-electron chi connectivity index (χ1n) is 10.0. The fourth-order valence-corrected chi connectivity index (χ4v) is 3.28. The Morgan fingerprint density at radius 2 is 1.90 bits per heavy atom.